The molecule has 84 valence electrons. The van der Waals surface area contributed by atoms with Crippen molar-refractivity contribution in [2.75, 3.05) is 20.1 Å². The first-order valence-corrected chi connectivity index (χ1v) is 6.07. The largest absolute Gasteiger partial charge is 0.329 e. The van der Waals surface area contributed by atoms with Gasteiger partial charge in [-0.05, 0) is 38.1 Å². The van der Waals surface area contributed by atoms with E-state index in [0.29, 0.717) is 6.04 Å². The molecule has 0 spiro atoms. The van der Waals surface area contributed by atoms with E-state index in [2.05, 4.69) is 59.1 Å². The van der Waals surface area contributed by atoms with Crippen molar-refractivity contribution in [3.05, 3.63) is 34.3 Å². The average Bonchev–Trinajstić information content (AvgIpc) is 2.22. The van der Waals surface area contributed by atoms with Crippen LogP contribution in [0.25, 0.3) is 0 Å². The number of likely N-dealkylation sites (N-methyl/N-ethyl adjacent to an activating group) is 1. The van der Waals surface area contributed by atoms with E-state index in [1.54, 1.807) is 0 Å². The molecule has 15 heavy (non-hydrogen) atoms. The molecule has 0 saturated carbocycles. The van der Waals surface area contributed by atoms with Crippen LogP contribution >= 0.6 is 15.9 Å². The average molecular weight is 271 g/mol. The lowest BCUT2D eigenvalue weighted by molar-refractivity contribution is 0.263. The minimum atomic E-state index is 0.537. The van der Waals surface area contributed by atoms with Gasteiger partial charge < -0.3 is 10.6 Å². The third-order valence-electron chi connectivity index (χ3n) is 2.68. The predicted molar refractivity (Wildman–Crippen MR) is 69.0 cm³/mol. The van der Waals surface area contributed by atoms with Gasteiger partial charge in [0, 0.05) is 23.6 Å². The lowest BCUT2D eigenvalue weighted by Crippen LogP contribution is -2.34. The van der Waals surface area contributed by atoms with Crippen molar-refractivity contribution in [2.45, 2.75) is 19.4 Å². The van der Waals surface area contributed by atoms with E-state index in [9.17, 15) is 0 Å². The van der Waals surface area contributed by atoms with Gasteiger partial charge in [0.25, 0.3) is 0 Å². The zero-order valence-electron chi connectivity index (χ0n) is 9.41. The van der Waals surface area contributed by atoms with Gasteiger partial charge in [-0.15, -0.1) is 0 Å². The number of benzene rings is 1. The molecular formula is C12H19BrN2. The molecule has 0 amide bonds. The minimum absolute atomic E-state index is 0.537. The second-order valence-corrected chi connectivity index (χ2v) is 4.86. The lowest BCUT2D eigenvalue weighted by atomic mass is 10.1. The Balaban J connectivity index is 2.50. The summed E-state index contributed by atoms with van der Waals surface area (Å²) < 4.78 is 1.13. The van der Waals surface area contributed by atoms with Crippen LogP contribution in [-0.2, 0) is 6.42 Å². The monoisotopic (exact) mass is 270 g/mol. The third-order valence-corrected chi connectivity index (χ3v) is 3.21. The number of halogens is 1. The van der Waals surface area contributed by atoms with Gasteiger partial charge in [-0.25, -0.2) is 0 Å². The summed E-state index contributed by atoms with van der Waals surface area (Å²) in [5.41, 5.74) is 6.90. The summed E-state index contributed by atoms with van der Waals surface area (Å²) in [4.78, 5) is 2.29. The first-order valence-electron chi connectivity index (χ1n) is 5.28. The summed E-state index contributed by atoms with van der Waals surface area (Å²) in [6, 6.07) is 9.04. The standard InChI is InChI=1S/C12H19BrN2/c1-10(15(2)8-7-14)9-11-3-5-12(13)6-4-11/h3-6,10H,7-9,14H2,1-2H3. The van der Waals surface area contributed by atoms with Gasteiger partial charge in [0.1, 0.15) is 0 Å². The highest BCUT2D eigenvalue weighted by Gasteiger charge is 2.08. The number of rotatable bonds is 5. The Morgan fingerprint density at radius 2 is 1.93 bits per heavy atom. The Morgan fingerprint density at radius 1 is 1.33 bits per heavy atom. The molecule has 0 radical (unpaired) electrons. The molecule has 0 heterocycles. The fourth-order valence-corrected chi connectivity index (χ4v) is 1.81. The second-order valence-electron chi connectivity index (χ2n) is 3.95. The summed E-state index contributed by atoms with van der Waals surface area (Å²) in [6.45, 7) is 3.91. The van der Waals surface area contributed by atoms with Crippen molar-refractivity contribution in [2.24, 2.45) is 5.73 Å². The second kappa shape index (κ2) is 6.26. The van der Waals surface area contributed by atoms with Gasteiger partial charge in [-0.2, -0.15) is 0 Å². The topological polar surface area (TPSA) is 29.3 Å². The van der Waals surface area contributed by atoms with Crippen molar-refractivity contribution in [3.8, 4) is 0 Å². The van der Waals surface area contributed by atoms with Gasteiger partial charge in [0.2, 0.25) is 0 Å². The van der Waals surface area contributed by atoms with Crippen molar-refractivity contribution in [1.29, 1.82) is 0 Å². The molecule has 0 aliphatic carbocycles. The van der Waals surface area contributed by atoms with Crippen LogP contribution in [0, 0.1) is 0 Å². The van der Waals surface area contributed by atoms with E-state index >= 15 is 0 Å². The number of nitrogens with zero attached hydrogens (tertiary/aromatic N) is 1. The summed E-state index contributed by atoms with van der Waals surface area (Å²) in [6.07, 6.45) is 1.07. The highest BCUT2D eigenvalue weighted by molar-refractivity contribution is 9.10. The molecule has 0 aliphatic heterocycles. The third kappa shape index (κ3) is 4.33. The Labute approximate surface area is 101 Å². The molecule has 0 fully saturated rings. The van der Waals surface area contributed by atoms with E-state index in [1.165, 1.54) is 5.56 Å². The molecule has 1 aromatic carbocycles. The minimum Gasteiger partial charge on any atom is -0.329 e. The highest BCUT2D eigenvalue weighted by Crippen LogP contribution is 2.13. The van der Waals surface area contributed by atoms with Gasteiger partial charge in [-0.3, -0.25) is 0 Å². The maximum absolute atomic E-state index is 5.53. The van der Waals surface area contributed by atoms with Crippen molar-refractivity contribution in [3.63, 3.8) is 0 Å². The summed E-state index contributed by atoms with van der Waals surface area (Å²) in [7, 11) is 2.12. The summed E-state index contributed by atoms with van der Waals surface area (Å²) >= 11 is 3.44. The Hall–Kier alpha value is -0.380. The molecule has 2 N–H and O–H groups in total. The van der Waals surface area contributed by atoms with Crippen LogP contribution in [0.5, 0.6) is 0 Å². The van der Waals surface area contributed by atoms with Gasteiger partial charge in [-0.1, -0.05) is 28.1 Å². The zero-order valence-corrected chi connectivity index (χ0v) is 11.0. The zero-order chi connectivity index (χ0) is 11.3. The molecule has 0 aliphatic rings. The first kappa shape index (κ1) is 12.7. The molecule has 1 rings (SSSR count). The summed E-state index contributed by atoms with van der Waals surface area (Å²) in [5.74, 6) is 0. The molecule has 0 aromatic heterocycles. The van der Waals surface area contributed by atoms with Crippen LogP contribution in [0.1, 0.15) is 12.5 Å². The molecule has 1 aromatic rings. The number of hydrogen-bond donors (Lipinski definition) is 1. The van der Waals surface area contributed by atoms with Crippen LogP contribution in [0.15, 0.2) is 28.7 Å². The van der Waals surface area contributed by atoms with Crippen LogP contribution < -0.4 is 5.73 Å². The van der Waals surface area contributed by atoms with E-state index < -0.39 is 0 Å². The Kier molecular flexibility index (Phi) is 5.29. The molecule has 1 atom stereocenters. The van der Waals surface area contributed by atoms with Crippen molar-refractivity contribution < 1.29 is 0 Å². The molecule has 3 heteroatoms. The van der Waals surface area contributed by atoms with Gasteiger partial charge in [0.05, 0.1) is 0 Å². The Morgan fingerprint density at radius 3 is 2.47 bits per heavy atom. The van der Waals surface area contributed by atoms with Gasteiger partial charge in [0.15, 0.2) is 0 Å². The SMILES string of the molecule is CC(Cc1ccc(Br)cc1)N(C)CCN. The number of hydrogen-bond acceptors (Lipinski definition) is 2. The normalized spacial score (nSPS) is 13.1. The van der Waals surface area contributed by atoms with Crippen LogP contribution in [-0.4, -0.2) is 31.1 Å². The van der Waals surface area contributed by atoms with E-state index in [-0.39, 0.29) is 0 Å². The molecular weight excluding hydrogens is 252 g/mol. The highest BCUT2D eigenvalue weighted by atomic mass is 79.9. The molecule has 0 saturated heterocycles. The predicted octanol–water partition coefficient (Wildman–Crippen LogP) is 2.27. The fourth-order valence-electron chi connectivity index (χ4n) is 1.54. The molecule has 2 nitrogen and oxygen atoms in total. The van der Waals surface area contributed by atoms with E-state index in [1.807, 2.05) is 0 Å². The quantitative estimate of drug-likeness (QED) is 0.890. The lowest BCUT2D eigenvalue weighted by Gasteiger charge is -2.24. The molecule has 0 bridgehead atoms. The van der Waals surface area contributed by atoms with E-state index in [4.69, 9.17) is 5.73 Å². The number of nitrogens with two attached hydrogens (primary N) is 1. The maximum atomic E-state index is 5.53. The van der Waals surface area contributed by atoms with Crippen LogP contribution in [0.3, 0.4) is 0 Å². The maximum Gasteiger partial charge on any atom is 0.0175 e. The smallest absolute Gasteiger partial charge is 0.0175 e. The van der Waals surface area contributed by atoms with E-state index in [0.717, 1.165) is 24.0 Å². The first-order chi connectivity index (χ1) is 7.13. The van der Waals surface area contributed by atoms with Crippen molar-refractivity contribution in [1.82, 2.24) is 4.90 Å². The fraction of sp³-hybridized carbons (Fsp3) is 0.500. The van der Waals surface area contributed by atoms with Crippen LogP contribution in [0.2, 0.25) is 0 Å². The van der Waals surface area contributed by atoms with Crippen LogP contribution in [0.4, 0.5) is 0 Å². The summed E-state index contributed by atoms with van der Waals surface area (Å²) in [5, 5.41) is 0. The Bertz CT molecular complexity index is 284. The molecule has 1 unspecified atom stereocenters. The van der Waals surface area contributed by atoms with Crippen molar-refractivity contribution >= 4 is 15.9 Å². The van der Waals surface area contributed by atoms with Gasteiger partial charge >= 0.3 is 0 Å².